The number of alkyl halides is 3. The average Bonchev–Trinajstić information content (AvgIpc) is 3.35. The molecule has 0 aliphatic carbocycles. The summed E-state index contributed by atoms with van der Waals surface area (Å²) in [4.78, 5) is 32.9. The van der Waals surface area contributed by atoms with E-state index in [4.69, 9.17) is 14.2 Å². The first kappa shape index (κ1) is 35.7. The summed E-state index contributed by atoms with van der Waals surface area (Å²) in [7, 11) is -1.44. The van der Waals surface area contributed by atoms with Crippen LogP contribution in [0.4, 0.5) is 13.2 Å². The zero-order valence-corrected chi connectivity index (χ0v) is 26.8. The summed E-state index contributed by atoms with van der Waals surface area (Å²) < 4.78 is 81.7. The molecule has 0 saturated carbocycles. The van der Waals surface area contributed by atoms with Gasteiger partial charge in [-0.15, -0.1) is 11.3 Å². The lowest BCUT2D eigenvalue weighted by Crippen LogP contribution is -2.40. The number of thiazole rings is 1. The molecule has 1 heterocycles. The van der Waals surface area contributed by atoms with Crippen molar-refractivity contribution in [2.75, 3.05) is 33.9 Å². The number of aryl methyl sites for hydroxylation is 2. The highest BCUT2D eigenvalue weighted by atomic mass is 32.2. The van der Waals surface area contributed by atoms with Gasteiger partial charge in [0.1, 0.15) is 28.8 Å². The van der Waals surface area contributed by atoms with Gasteiger partial charge in [-0.3, -0.25) is 9.59 Å². The van der Waals surface area contributed by atoms with E-state index in [1.807, 2.05) is 35.1 Å². The average molecular weight is 673 g/mol. The number of halogens is 3. The normalized spacial score (nSPS) is 11.7. The number of rotatable bonds is 16. The lowest BCUT2D eigenvalue weighted by Gasteiger charge is -2.23. The smallest absolute Gasteiger partial charge is 0.411 e. The molecule has 1 aromatic heterocycles. The summed E-state index contributed by atoms with van der Waals surface area (Å²) >= 11 is 1.14. The molecule has 11 nitrogen and oxygen atoms in total. The van der Waals surface area contributed by atoms with Crippen LogP contribution in [0.2, 0.25) is 0 Å². The fourth-order valence-corrected chi connectivity index (χ4v) is 6.10. The van der Waals surface area contributed by atoms with Gasteiger partial charge in [0, 0.05) is 23.5 Å². The molecule has 45 heavy (non-hydrogen) atoms. The molecule has 16 heteroatoms. The third-order valence-electron chi connectivity index (χ3n) is 6.33. The van der Waals surface area contributed by atoms with E-state index in [1.165, 1.54) is 31.3 Å². The Morgan fingerprint density at radius 3 is 2.29 bits per heavy atom. The Bertz CT molecular complexity index is 1540. The molecular formula is C29H35F3N4O7S2. The van der Waals surface area contributed by atoms with Crippen LogP contribution in [0.15, 0.2) is 42.5 Å². The number of carbonyl (C=O) groups is 2. The molecule has 2 N–H and O–H groups in total. The fourth-order valence-electron chi connectivity index (χ4n) is 4.36. The quantitative estimate of drug-likeness (QED) is 0.229. The first-order valence-corrected chi connectivity index (χ1v) is 16.1. The Hall–Kier alpha value is -3.73. The van der Waals surface area contributed by atoms with Crippen LogP contribution < -0.4 is 18.9 Å². The van der Waals surface area contributed by atoms with Crippen molar-refractivity contribution >= 4 is 33.4 Å². The highest BCUT2D eigenvalue weighted by molar-refractivity contribution is 7.88. The van der Waals surface area contributed by atoms with Gasteiger partial charge in [-0.2, -0.15) is 26.3 Å². The molecule has 0 atom stereocenters. The fraction of sp³-hybridized carbons (Fsp3) is 0.414. The molecule has 0 unspecified atom stereocenters. The van der Waals surface area contributed by atoms with Crippen LogP contribution in [-0.4, -0.2) is 70.2 Å². The summed E-state index contributed by atoms with van der Waals surface area (Å²) in [6.07, 6.45) is -3.28. The highest BCUT2D eigenvalue weighted by Crippen LogP contribution is 2.33. The minimum atomic E-state index is -4.52. The molecule has 0 aliphatic rings. The standard InChI is InChI=1S/C29H35F3N4O7S2/c1-5-33-45(39,40)35-27(37)26-19(2)44-25(34-26)16-36(13-9-12-20-10-7-6-8-11-20)28(38)21-14-23(41-3)22(24(15-21)42-4)17-43-18-29(30,31)32/h6-8,10-11,14-15,33H,5,9,12-13,16-18H2,1-4H3,(H,35,37). The van der Waals surface area contributed by atoms with Gasteiger partial charge in [0.2, 0.25) is 0 Å². The maximum absolute atomic E-state index is 13.9. The molecule has 0 bridgehead atoms. The van der Waals surface area contributed by atoms with Crippen LogP contribution in [0.25, 0.3) is 0 Å². The first-order valence-electron chi connectivity index (χ1n) is 13.8. The van der Waals surface area contributed by atoms with Gasteiger partial charge in [0.15, 0.2) is 0 Å². The Morgan fingerprint density at radius 1 is 1.07 bits per heavy atom. The monoisotopic (exact) mass is 672 g/mol. The third-order valence-corrected chi connectivity index (χ3v) is 8.41. The van der Waals surface area contributed by atoms with Crippen molar-refractivity contribution in [2.24, 2.45) is 0 Å². The van der Waals surface area contributed by atoms with Crippen molar-refractivity contribution in [2.45, 2.75) is 46.0 Å². The zero-order chi connectivity index (χ0) is 33.2. The number of aromatic nitrogens is 1. The predicted octanol–water partition coefficient (Wildman–Crippen LogP) is 4.41. The van der Waals surface area contributed by atoms with Crippen LogP contribution in [0.1, 0.15) is 55.2 Å². The lowest BCUT2D eigenvalue weighted by molar-refractivity contribution is -0.176. The summed E-state index contributed by atoms with van der Waals surface area (Å²) in [5.41, 5.74) is 1.34. The van der Waals surface area contributed by atoms with Gasteiger partial charge in [-0.05, 0) is 37.5 Å². The van der Waals surface area contributed by atoms with E-state index < -0.39 is 41.4 Å². The maximum atomic E-state index is 13.9. The molecule has 0 radical (unpaired) electrons. The minimum Gasteiger partial charge on any atom is -0.496 e. The second-order valence-corrected chi connectivity index (χ2v) is 12.5. The van der Waals surface area contributed by atoms with Crippen LogP contribution in [-0.2, 0) is 34.5 Å². The molecule has 0 spiro atoms. The number of methoxy groups -OCH3 is 2. The van der Waals surface area contributed by atoms with Crippen LogP contribution >= 0.6 is 11.3 Å². The first-order chi connectivity index (χ1) is 21.3. The zero-order valence-electron chi connectivity index (χ0n) is 25.2. The molecule has 3 rings (SSSR count). The second-order valence-electron chi connectivity index (χ2n) is 9.73. The molecule has 2 amide bonds. The number of hydrogen-bond acceptors (Lipinski definition) is 9. The Balaban J connectivity index is 1.90. The molecular weight excluding hydrogens is 637 g/mol. The van der Waals surface area contributed by atoms with E-state index in [2.05, 4.69) is 9.71 Å². The summed E-state index contributed by atoms with van der Waals surface area (Å²) in [6, 6.07) is 12.5. The molecule has 2 aromatic carbocycles. The highest BCUT2D eigenvalue weighted by Gasteiger charge is 2.29. The number of nitrogens with zero attached hydrogens (tertiary/aromatic N) is 2. The van der Waals surface area contributed by atoms with Gasteiger partial charge in [0.05, 0.1) is 32.9 Å². The lowest BCUT2D eigenvalue weighted by atomic mass is 10.1. The van der Waals surface area contributed by atoms with Gasteiger partial charge in [-0.1, -0.05) is 37.3 Å². The summed E-state index contributed by atoms with van der Waals surface area (Å²) in [5, 5.41) is 0.391. The van der Waals surface area contributed by atoms with Gasteiger partial charge in [0.25, 0.3) is 11.8 Å². The van der Waals surface area contributed by atoms with E-state index in [9.17, 15) is 31.2 Å². The number of hydrogen-bond donors (Lipinski definition) is 2. The SMILES string of the molecule is CCNS(=O)(=O)NC(=O)c1nc(CN(CCCc2ccccc2)C(=O)c2cc(OC)c(COCC(F)(F)F)c(OC)c2)sc1C. The molecule has 0 saturated heterocycles. The third kappa shape index (κ3) is 10.7. The number of carbonyl (C=O) groups excluding carboxylic acids is 2. The van der Waals surface area contributed by atoms with E-state index in [0.29, 0.717) is 22.7 Å². The number of amides is 2. The van der Waals surface area contributed by atoms with Gasteiger partial charge < -0.3 is 19.1 Å². The van der Waals surface area contributed by atoms with Crippen molar-refractivity contribution in [3.63, 3.8) is 0 Å². The Kier molecular flexibility index (Phi) is 12.7. The largest absolute Gasteiger partial charge is 0.496 e. The van der Waals surface area contributed by atoms with Gasteiger partial charge >= 0.3 is 16.4 Å². The Labute approximate surface area is 263 Å². The Morgan fingerprint density at radius 2 is 1.71 bits per heavy atom. The number of benzene rings is 2. The van der Waals surface area contributed by atoms with E-state index >= 15 is 0 Å². The van der Waals surface area contributed by atoms with Crippen molar-refractivity contribution in [3.05, 3.63) is 74.7 Å². The predicted molar refractivity (Wildman–Crippen MR) is 162 cm³/mol. The topological polar surface area (TPSA) is 136 Å². The molecule has 3 aromatic rings. The van der Waals surface area contributed by atoms with Crippen molar-refractivity contribution in [1.82, 2.24) is 19.3 Å². The maximum Gasteiger partial charge on any atom is 0.411 e. The van der Waals surface area contributed by atoms with Crippen molar-refractivity contribution < 1.29 is 45.4 Å². The van der Waals surface area contributed by atoms with Crippen molar-refractivity contribution in [1.29, 1.82) is 0 Å². The molecule has 246 valence electrons. The van der Waals surface area contributed by atoms with Crippen LogP contribution in [0, 0.1) is 6.92 Å². The van der Waals surface area contributed by atoms with Crippen LogP contribution in [0.5, 0.6) is 11.5 Å². The summed E-state index contributed by atoms with van der Waals surface area (Å²) in [5.74, 6) is -1.14. The molecule has 0 aliphatic heterocycles. The van der Waals surface area contributed by atoms with Gasteiger partial charge in [-0.25, -0.2) is 9.71 Å². The van der Waals surface area contributed by atoms with E-state index in [0.717, 1.165) is 16.9 Å². The van der Waals surface area contributed by atoms with Crippen LogP contribution in [0.3, 0.4) is 0 Å². The van der Waals surface area contributed by atoms with E-state index in [1.54, 1.807) is 13.8 Å². The number of ether oxygens (including phenoxy) is 3. The van der Waals surface area contributed by atoms with E-state index in [-0.39, 0.29) is 48.0 Å². The number of nitrogens with one attached hydrogen (secondary N) is 2. The summed E-state index contributed by atoms with van der Waals surface area (Å²) in [6.45, 7) is 1.61. The second kappa shape index (κ2) is 16.0. The van der Waals surface area contributed by atoms with Crippen molar-refractivity contribution in [3.8, 4) is 11.5 Å². The molecule has 0 fully saturated rings. The minimum absolute atomic E-state index is 0.00650.